The highest BCUT2D eigenvalue weighted by molar-refractivity contribution is 9.12. The molecule has 0 aliphatic carbocycles. The summed E-state index contributed by atoms with van der Waals surface area (Å²) in [4.78, 5) is 19.3. The number of ether oxygens (including phenoxy) is 2. The van der Waals surface area contributed by atoms with Gasteiger partial charge in [-0.2, -0.15) is 0 Å². The number of hydrogen-bond acceptors (Lipinski definition) is 5. The maximum atomic E-state index is 12.5. The predicted octanol–water partition coefficient (Wildman–Crippen LogP) is 4.55. The summed E-state index contributed by atoms with van der Waals surface area (Å²) >= 11 is 7.12. The average molecular weight is 484 g/mol. The van der Waals surface area contributed by atoms with E-state index < -0.39 is 6.04 Å². The first-order chi connectivity index (χ1) is 12.5. The number of benzene rings is 1. The van der Waals surface area contributed by atoms with Crippen LogP contribution in [0.15, 0.2) is 50.5 Å². The monoisotopic (exact) mass is 482 g/mol. The minimum atomic E-state index is -0.556. The zero-order valence-electron chi connectivity index (χ0n) is 14.8. The van der Waals surface area contributed by atoms with Crippen LogP contribution in [0.4, 0.5) is 0 Å². The predicted molar refractivity (Wildman–Crippen MR) is 109 cm³/mol. The molecule has 0 saturated heterocycles. The van der Waals surface area contributed by atoms with E-state index in [2.05, 4.69) is 36.8 Å². The van der Waals surface area contributed by atoms with E-state index in [9.17, 15) is 4.79 Å². The molecule has 3 rings (SSSR count). The van der Waals surface area contributed by atoms with Crippen LogP contribution in [0.3, 0.4) is 0 Å². The fourth-order valence-electron chi connectivity index (χ4n) is 3.32. The molecule has 0 amide bonds. The van der Waals surface area contributed by atoms with Crippen LogP contribution in [0.1, 0.15) is 25.5 Å². The molecule has 0 spiro atoms. The summed E-state index contributed by atoms with van der Waals surface area (Å²) in [5, 5.41) is 0. The van der Waals surface area contributed by atoms with Crippen LogP contribution in [0, 0.1) is 5.92 Å². The molecule has 5 nitrogen and oxygen atoms in total. The third-order valence-corrected chi connectivity index (χ3v) is 5.54. The molecule has 2 aliphatic heterocycles. The Morgan fingerprint density at radius 3 is 2.58 bits per heavy atom. The van der Waals surface area contributed by atoms with E-state index in [0.29, 0.717) is 6.61 Å². The minimum Gasteiger partial charge on any atom is -0.497 e. The lowest BCUT2D eigenvalue weighted by Crippen LogP contribution is -2.47. The van der Waals surface area contributed by atoms with Crippen molar-refractivity contribution in [1.29, 1.82) is 0 Å². The number of halogens is 2. The Kier molecular flexibility index (Phi) is 5.87. The van der Waals surface area contributed by atoms with Gasteiger partial charge in [-0.25, -0.2) is 4.79 Å². The van der Waals surface area contributed by atoms with Crippen molar-refractivity contribution in [3.8, 4) is 5.75 Å². The van der Waals surface area contributed by atoms with Gasteiger partial charge in [0.05, 0.1) is 24.2 Å². The average Bonchev–Trinajstić information content (AvgIpc) is 2.61. The van der Waals surface area contributed by atoms with Crippen LogP contribution < -0.4 is 4.74 Å². The van der Waals surface area contributed by atoms with Gasteiger partial charge in [0.1, 0.15) is 11.6 Å². The molecule has 2 heterocycles. The number of amidine groups is 1. The molecule has 0 bridgehead atoms. The number of rotatable bonds is 4. The van der Waals surface area contributed by atoms with Crippen molar-refractivity contribution in [1.82, 2.24) is 4.90 Å². The topological polar surface area (TPSA) is 51.1 Å². The number of hydrogen-bond donors (Lipinski definition) is 0. The molecule has 1 aromatic carbocycles. The van der Waals surface area contributed by atoms with Crippen molar-refractivity contribution < 1.29 is 14.3 Å². The first-order valence-electron chi connectivity index (χ1n) is 8.37. The first-order valence-corrected chi connectivity index (χ1v) is 9.96. The summed E-state index contributed by atoms with van der Waals surface area (Å²) in [5.41, 5.74) is 1.08. The summed E-state index contributed by atoms with van der Waals surface area (Å²) in [5.74, 6) is 1.16. The molecule has 1 aromatic rings. The Hall–Kier alpha value is -1.60. The molecule has 3 atom stereocenters. The van der Waals surface area contributed by atoms with E-state index >= 15 is 0 Å². The van der Waals surface area contributed by atoms with Crippen LogP contribution >= 0.6 is 31.9 Å². The Morgan fingerprint density at radius 2 is 1.96 bits per heavy atom. The Bertz CT molecular complexity index is 786. The number of carbonyl (C=O) groups is 1. The van der Waals surface area contributed by atoms with Crippen LogP contribution in [0.2, 0.25) is 0 Å². The Balaban J connectivity index is 2.07. The van der Waals surface area contributed by atoms with Gasteiger partial charge in [0.25, 0.3) is 0 Å². The van der Waals surface area contributed by atoms with Crippen LogP contribution in [0.25, 0.3) is 0 Å². The van der Waals surface area contributed by atoms with E-state index in [-0.39, 0.29) is 17.9 Å². The van der Waals surface area contributed by atoms with Crippen molar-refractivity contribution in [2.45, 2.75) is 25.9 Å². The second kappa shape index (κ2) is 7.96. The zero-order valence-corrected chi connectivity index (χ0v) is 18.0. The lowest BCUT2D eigenvalue weighted by Gasteiger charge is -2.43. The number of allylic oxidation sites excluding steroid dienone is 2. The fourth-order valence-corrected chi connectivity index (χ4v) is 4.63. The molecule has 26 heavy (non-hydrogen) atoms. The largest absolute Gasteiger partial charge is 0.497 e. The quantitative estimate of drug-likeness (QED) is 0.589. The molecular formula is C19H20Br2N2O3. The van der Waals surface area contributed by atoms with E-state index in [1.165, 1.54) is 0 Å². The molecule has 0 N–H and O–H groups in total. The third kappa shape index (κ3) is 3.60. The van der Waals surface area contributed by atoms with Crippen molar-refractivity contribution in [3.05, 3.63) is 51.1 Å². The number of nitrogens with zero attached hydrogens (tertiary/aromatic N) is 2. The van der Waals surface area contributed by atoms with Crippen molar-refractivity contribution >= 4 is 43.7 Å². The molecular weight excluding hydrogens is 464 g/mol. The SMILES string of the molecule is CCOC(=O)C1N=C2C(Br)=CC(Br)=CN2C(c2ccc(OC)cc2)C1C. The lowest BCUT2D eigenvalue weighted by atomic mass is 9.85. The van der Waals surface area contributed by atoms with Gasteiger partial charge in [-0.3, -0.25) is 4.99 Å². The number of carbonyl (C=O) groups excluding carboxylic acids is 1. The van der Waals surface area contributed by atoms with E-state index in [1.807, 2.05) is 50.4 Å². The highest BCUT2D eigenvalue weighted by Crippen LogP contribution is 2.41. The van der Waals surface area contributed by atoms with Gasteiger partial charge in [0, 0.05) is 16.6 Å². The summed E-state index contributed by atoms with van der Waals surface area (Å²) in [6, 6.07) is 7.30. The molecule has 0 saturated carbocycles. The van der Waals surface area contributed by atoms with Gasteiger partial charge in [-0.05, 0) is 62.6 Å². The van der Waals surface area contributed by atoms with Crippen LogP contribution in [-0.2, 0) is 9.53 Å². The van der Waals surface area contributed by atoms with Gasteiger partial charge < -0.3 is 14.4 Å². The third-order valence-electron chi connectivity index (χ3n) is 4.53. The maximum absolute atomic E-state index is 12.5. The van der Waals surface area contributed by atoms with Crippen molar-refractivity contribution in [2.75, 3.05) is 13.7 Å². The standard InChI is InChI=1S/C19H20Br2N2O3/c1-4-26-19(24)16-11(2)17(12-5-7-14(25-3)8-6-12)23-10-13(20)9-15(21)18(23)22-16/h5-11,16-17H,4H2,1-3H3. The minimum absolute atomic E-state index is 0.0587. The van der Waals surface area contributed by atoms with Crippen LogP contribution in [-0.4, -0.2) is 36.5 Å². The maximum Gasteiger partial charge on any atom is 0.331 e. The molecule has 138 valence electrons. The summed E-state index contributed by atoms with van der Waals surface area (Å²) in [6.07, 6.45) is 3.93. The molecule has 7 heteroatoms. The summed E-state index contributed by atoms with van der Waals surface area (Å²) < 4.78 is 12.3. The van der Waals surface area contributed by atoms with Crippen molar-refractivity contribution in [3.63, 3.8) is 0 Å². The second-order valence-electron chi connectivity index (χ2n) is 6.14. The van der Waals surface area contributed by atoms with Gasteiger partial charge in [-0.1, -0.05) is 19.1 Å². The highest BCUT2D eigenvalue weighted by atomic mass is 79.9. The molecule has 0 radical (unpaired) electrons. The molecule has 0 fully saturated rings. The van der Waals surface area contributed by atoms with Gasteiger partial charge in [-0.15, -0.1) is 0 Å². The Morgan fingerprint density at radius 1 is 1.27 bits per heavy atom. The highest BCUT2D eigenvalue weighted by Gasteiger charge is 2.42. The molecule has 3 unspecified atom stereocenters. The lowest BCUT2D eigenvalue weighted by molar-refractivity contribution is -0.146. The normalized spacial score (nSPS) is 24.9. The zero-order chi connectivity index (χ0) is 18.8. The van der Waals surface area contributed by atoms with Crippen LogP contribution in [0.5, 0.6) is 5.75 Å². The number of esters is 1. The number of fused-ring (bicyclic) bond motifs is 1. The number of methoxy groups -OCH3 is 1. The fraction of sp³-hybridized carbons (Fsp3) is 0.368. The van der Waals surface area contributed by atoms with Crippen molar-refractivity contribution in [2.24, 2.45) is 10.9 Å². The summed E-state index contributed by atoms with van der Waals surface area (Å²) in [7, 11) is 1.65. The van der Waals surface area contributed by atoms with E-state index in [1.54, 1.807) is 7.11 Å². The van der Waals surface area contributed by atoms with Gasteiger partial charge >= 0.3 is 5.97 Å². The van der Waals surface area contributed by atoms with Gasteiger partial charge in [0.15, 0.2) is 6.04 Å². The van der Waals surface area contributed by atoms with E-state index in [0.717, 1.165) is 26.1 Å². The summed E-state index contributed by atoms with van der Waals surface area (Å²) in [6.45, 7) is 4.18. The Labute approximate surface area is 170 Å². The van der Waals surface area contributed by atoms with E-state index in [4.69, 9.17) is 14.5 Å². The van der Waals surface area contributed by atoms with Gasteiger partial charge in [0.2, 0.25) is 0 Å². The first kappa shape index (κ1) is 19.2. The smallest absolute Gasteiger partial charge is 0.331 e. The molecule has 0 aromatic heterocycles. The number of aliphatic imine (C=N–C) groups is 1. The second-order valence-corrected chi connectivity index (χ2v) is 7.91. The molecule has 2 aliphatic rings.